The smallest absolute Gasteiger partial charge is 0.224 e. The topological polar surface area (TPSA) is 84.5 Å². The Hall–Kier alpha value is -4.58. The predicted octanol–water partition coefficient (Wildman–Crippen LogP) is 7.62. The predicted molar refractivity (Wildman–Crippen MR) is 143 cm³/mol. The van der Waals surface area contributed by atoms with Gasteiger partial charge in [0, 0.05) is 57.9 Å². The second kappa shape index (κ2) is 9.23. The molecular weight excluding hydrogens is 452 g/mol. The summed E-state index contributed by atoms with van der Waals surface area (Å²) in [6, 6.07) is 27.1. The molecule has 0 radical (unpaired) electrons. The number of furan rings is 2. The fourth-order valence-corrected chi connectivity index (χ4v) is 4.63. The van der Waals surface area contributed by atoms with Crippen LogP contribution < -0.4 is 10.6 Å². The molecule has 36 heavy (non-hydrogen) atoms. The number of amides is 2. The van der Waals surface area contributed by atoms with E-state index in [1.807, 2.05) is 84.9 Å². The van der Waals surface area contributed by atoms with Crippen LogP contribution >= 0.6 is 0 Å². The SMILES string of the molecule is O=C(CCCCC(=O)Nc1ccc2c(c1)oc1ccccc12)Nc1ccc2c(c1)oc1ccccc12. The maximum Gasteiger partial charge on any atom is 0.224 e. The van der Waals surface area contributed by atoms with Crippen LogP contribution in [0.3, 0.4) is 0 Å². The molecule has 0 spiro atoms. The van der Waals surface area contributed by atoms with Crippen LogP contribution in [0.15, 0.2) is 93.8 Å². The van der Waals surface area contributed by atoms with Gasteiger partial charge in [-0.2, -0.15) is 0 Å². The molecule has 6 heteroatoms. The Morgan fingerprint density at radius 1 is 0.528 bits per heavy atom. The van der Waals surface area contributed by atoms with Crippen molar-refractivity contribution in [2.75, 3.05) is 10.6 Å². The van der Waals surface area contributed by atoms with Crippen molar-refractivity contribution in [1.82, 2.24) is 0 Å². The number of benzene rings is 4. The fourth-order valence-electron chi connectivity index (χ4n) is 4.63. The summed E-state index contributed by atoms with van der Waals surface area (Å²) in [6.07, 6.45) is 1.93. The maximum atomic E-state index is 12.4. The van der Waals surface area contributed by atoms with E-state index in [1.165, 1.54) is 0 Å². The summed E-state index contributed by atoms with van der Waals surface area (Å²) in [7, 11) is 0. The normalized spacial score (nSPS) is 11.4. The lowest BCUT2D eigenvalue weighted by atomic mass is 10.1. The van der Waals surface area contributed by atoms with E-state index in [4.69, 9.17) is 8.83 Å². The minimum absolute atomic E-state index is 0.0822. The van der Waals surface area contributed by atoms with Gasteiger partial charge in [-0.05, 0) is 49.2 Å². The number of para-hydroxylation sites is 2. The molecule has 6 nitrogen and oxygen atoms in total. The van der Waals surface area contributed by atoms with Crippen molar-refractivity contribution in [2.24, 2.45) is 0 Å². The molecule has 0 saturated carbocycles. The van der Waals surface area contributed by atoms with Crippen molar-refractivity contribution in [2.45, 2.75) is 25.7 Å². The van der Waals surface area contributed by atoms with E-state index in [0.29, 0.717) is 37.1 Å². The maximum absolute atomic E-state index is 12.4. The molecule has 6 rings (SSSR count). The third-order valence-electron chi connectivity index (χ3n) is 6.38. The third kappa shape index (κ3) is 4.29. The van der Waals surface area contributed by atoms with Crippen LogP contribution in [0.25, 0.3) is 43.9 Å². The number of unbranched alkanes of at least 4 members (excludes halogenated alkanes) is 1. The van der Waals surface area contributed by atoms with E-state index in [-0.39, 0.29) is 11.8 Å². The van der Waals surface area contributed by atoms with E-state index in [0.717, 1.165) is 43.9 Å². The van der Waals surface area contributed by atoms with Gasteiger partial charge >= 0.3 is 0 Å². The van der Waals surface area contributed by atoms with Crippen LogP contribution in [0, 0.1) is 0 Å². The molecule has 0 aliphatic rings. The Kier molecular flexibility index (Phi) is 5.62. The number of hydrogen-bond donors (Lipinski definition) is 2. The number of fused-ring (bicyclic) bond motifs is 6. The van der Waals surface area contributed by atoms with E-state index < -0.39 is 0 Å². The zero-order valence-corrected chi connectivity index (χ0v) is 19.5. The molecule has 178 valence electrons. The van der Waals surface area contributed by atoms with Crippen molar-refractivity contribution in [3.05, 3.63) is 84.9 Å². The van der Waals surface area contributed by atoms with Gasteiger partial charge in [-0.1, -0.05) is 36.4 Å². The first kappa shape index (κ1) is 21.9. The van der Waals surface area contributed by atoms with Crippen LogP contribution in [0.5, 0.6) is 0 Å². The highest BCUT2D eigenvalue weighted by atomic mass is 16.3. The molecule has 0 fully saturated rings. The summed E-state index contributed by atoms with van der Waals surface area (Å²) in [5.74, 6) is -0.164. The zero-order valence-electron chi connectivity index (χ0n) is 19.5. The molecule has 2 N–H and O–H groups in total. The van der Waals surface area contributed by atoms with E-state index >= 15 is 0 Å². The van der Waals surface area contributed by atoms with Crippen LogP contribution in [0.1, 0.15) is 25.7 Å². The van der Waals surface area contributed by atoms with Crippen molar-refractivity contribution >= 4 is 67.1 Å². The lowest BCUT2D eigenvalue weighted by Crippen LogP contribution is -2.13. The summed E-state index contributed by atoms with van der Waals surface area (Å²) in [5, 5.41) is 10.0. The quantitative estimate of drug-likeness (QED) is 0.232. The van der Waals surface area contributed by atoms with Crippen LogP contribution in [0.4, 0.5) is 11.4 Å². The van der Waals surface area contributed by atoms with Gasteiger partial charge in [0.15, 0.2) is 0 Å². The Labute approximate surface area is 206 Å². The Bertz CT molecular complexity index is 1610. The van der Waals surface area contributed by atoms with Gasteiger partial charge in [0.1, 0.15) is 22.3 Å². The summed E-state index contributed by atoms with van der Waals surface area (Å²) in [6.45, 7) is 0. The highest BCUT2D eigenvalue weighted by Crippen LogP contribution is 2.31. The van der Waals surface area contributed by atoms with Crippen molar-refractivity contribution in [3.63, 3.8) is 0 Å². The molecule has 0 aliphatic carbocycles. The standard InChI is InChI=1S/C30H24N2O4/c33-29(31-19-13-15-23-21-7-1-3-9-25(21)35-27(23)17-19)11-5-6-12-30(34)32-20-14-16-24-22-8-2-4-10-26(22)36-28(24)18-20/h1-4,7-10,13-18H,5-6,11-12H2,(H,31,33)(H,32,34). The van der Waals surface area contributed by atoms with Crippen LogP contribution in [-0.4, -0.2) is 11.8 Å². The fraction of sp³-hybridized carbons (Fsp3) is 0.133. The summed E-state index contributed by atoms with van der Waals surface area (Å²) in [5.41, 5.74) is 4.53. The molecule has 4 aromatic carbocycles. The third-order valence-corrected chi connectivity index (χ3v) is 6.38. The zero-order chi connectivity index (χ0) is 24.5. The van der Waals surface area contributed by atoms with Crippen molar-refractivity contribution in [3.8, 4) is 0 Å². The molecule has 0 aliphatic heterocycles. The van der Waals surface area contributed by atoms with Gasteiger partial charge in [-0.3, -0.25) is 9.59 Å². The van der Waals surface area contributed by atoms with Gasteiger partial charge in [-0.25, -0.2) is 0 Å². The second-order valence-electron chi connectivity index (χ2n) is 8.92. The van der Waals surface area contributed by atoms with Gasteiger partial charge in [0.05, 0.1) is 0 Å². The van der Waals surface area contributed by atoms with Gasteiger partial charge in [0.2, 0.25) is 11.8 Å². The number of rotatable bonds is 7. The van der Waals surface area contributed by atoms with E-state index in [9.17, 15) is 9.59 Å². The first-order valence-corrected chi connectivity index (χ1v) is 12.1. The molecule has 0 bridgehead atoms. The van der Waals surface area contributed by atoms with Crippen molar-refractivity contribution in [1.29, 1.82) is 0 Å². The highest BCUT2D eigenvalue weighted by Gasteiger charge is 2.11. The highest BCUT2D eigenvalue weighted by molar-refractivity contribution is 6.07. The molecule has 0 atom stereocenters. The summed E-state index contributed by atoms with van der Waals surface area (Å²) in [4.78, 5) is 24.8. The largest absolute Gasteiger partial charge is 0.456 e. The average molecular weight is 477 g/mol. The number of carbonyl (C=O) groups is 2. The number of hydrogen-bond acceptors (Lipinski definition) is 4. The molecule has 2 aromatic heterocycles. The second-order valence-corrected chi connectivity index (χ2v) is 8.92. The summed E-state index contributed by atoms with van der Waals surface area (Å²) < 4.78 is 11.8. The molecule has 2 amide bonds. The van der Waals surface area contributed by atoms with Crippen molar-refractivity contribution < 1.29 is 18.4 Å². The summed E-state index contributed by atoms with van der Waals surface area (Å²) >= 11 is 0. The van der Waals surface area contributed by atoms with Gasteiger partial charge in [0.25, 0.3) is 0 Å². The Morgan fingerprint density at radius 2 is 0.944 bits per heavy atom. The Balaban J connectivity index is 0.993. The lowest BCUT2D eigenvalue weighted by Gasteiger charge is -2.06. The van der Waals surface area contributed by atoms with Crippen LogP contribution in [0.2, 0.25) is 0 Å². The number of nitrogens with one attached hydrogen (secondary N) is 2. The first-order chi connectivity index (χ1) is 17.6. The molecular formula is C30H24N2O4. The Morgan fingerprint density at radius 3 is 1.42 bits per heavy atom. The van der Waals surface area contributed by atoms with E-state index in [1.54, 1.807) is 0 Å². The number of carbonyl (C=O) groups excluding carboxylic acids is 2. The molecule has 0 saturated heterocycles. The average Bonchev–Trinajstić information content (AvgIpc) is 3.44. The minimum atomic E-state index is -0.0822. The van der Waals surface area contributed by atoms with Gasteiger partial charge < -0.3 is 19.5 Å². The molecule has 6 aromatic rings. The minimum Gasteiger partial charge on any atom is -0.456 e. The number of anilines is 2. The van der Waals surface area contributed by atoms with Crippen LogP contribution in [-0.2, 0) is 9.59 Å². The lowest BCUT2D eigenvalue weighted by molar-refractivity contribution is -0.118. The van der Waals surface area contributed by atoms with E-state index in [2.05, 4.69) is 10.6 Å². The molecule has 0 unspecified atom stereocenters. The van der Waals surface area contributed by atoms with Gasteiger partial charge in [-0.15, -0.1) is 0 Å². The first-order valence-electron chi connectivity index (χ1n) is 12.1. The monoisotopic (exact) mass is 476 g/mol. The molecule has 2 heterocycles.